The fraction of sp³-hybridized carbons (Fsp3) is 1.00. The molecule has 0 bridgehead atoms. The van der Waals surface area contributed by atoms with Gasteiger partial charge in [0.25, 0.3) is 6.57 Å². The van der Waals surface area contributed by atoms with Gasteiger partial charge in [0.05, 0.1) is 5.60 Å². The van der Waals surface area contributed by atoms with Crippen molar-refractivity contribution < 1.29 is 9.09 Å². The first-order valence-electron chi connectivity index (χ1n) is 6.42. The van der Waals surface area contributed by atoms with Gasteiger partial charge in [-0.15, -0.1) is 0 Å². The summed E-state index contributed by atoms with van der Waals surface area (Å²) in [7, 11) is 4.06. The topological polar surface area (TPSA) is 29.5 Å². The Morgan fingerprint density at radius 1 is 1.11 bits per heavy atom. The normalized spacial score (nSPS) is 16.9. The quantitative estimate of drug-likeness (QED) is 0.682. The minimum Gasteiger partial charge on any atom is -0.315 e. The molecule has 0 saturated heterocycles. The van der Waals surface area contributed by atoms with E-state index in [-0.39, 0.29) is 11.0 Å². The van der Waals surface area contributed by atoms with Gasteiger partial charge in [-0.3, -0.25) is 4.57 Å². The van der Waals surface area contributed by atoms with Gasteiger partial charge in [-0.05, 0) is 40.3 Å². The highest BCUT2D eigenvalue weighted by atomic mass is 32.7. The molecule has 0 radical (unpaired) electrons. The number of nitrogens with zero attached hydrogens (tertiary/aromatic N) is 1. The van der Waals surface area contributed by atoms with Gasteiger partial charge in [0, 0.05) is 18.5 Å². The van der Waals surface area contributed by atoms with Crippen molar-refractivity contribution in [2.45, 2.75) is 47.1 Å². The summed E-state index contributed by atoms with van der Waals surface area (Å²) in [5, 5.41) is 0. The third kappa shape index (κ3) is 10.4. The minimum atomic E-state index is -2.63. The van der Waals surface area contributed by atoms with Crippen LogP contribution in [0.5, 0.6) is 0 Å². The highest BCUT2D eigenvalue weighted by Gasteiger charge is 2.34. The van der Waals surface area contributed by atoms with Crippen molar-refractivity contribution in [2.75, 3.05) is 32.6 Å². The second-order valence-electron chi connectivity index (χ2n) is 7.17. The molecule has 110 valence electrons. The molecule has 0 aromatic rings. The molecule has 3 nitrogen and oxygen atoms in total. The van der Waals surface area contributed by atoms with Gasteiger partial charge < -0.3 is 9.42 Å². The molecule has 0 fully saturated rings. The average molecular weight is 295 g/mol. The van der Waals surface area contributed by atoms with Gasteiger partial charge in [-0.1, -0.05) is 32.2 Å². The molecule has 0 aromatic heterocycles. The van der Waals surface area contributed by atoms with Crippen molar-refractivity contribution in [3.8, 4) is 0 Å². The molecule has 0 aromatic carbocycles. The van der Waals surface area contributed by atoms with Crippen LogP contribution in [0.3, 0.4) is 0 Å². The Balaban J connectivity index is 4.66. The summed E-state index contributed by atoms with van der Waals surface area (Å²) in [4.78, 5) is 2.10. The predicted molar refractivity (Wildman–Crippen MR) is 83.8 cm³/mol. The highest BCUT2D eigenvalue weighted by molar-refractivity contribution is 8.56. The monoisotopic (exact) mass is 295 g/mol. The lowest BCUT2D eigenvalue weighted by atomic mass is 10.0. The molecule has 0 aliphatic heterocycles. The highest BCUT2D eigenvalue weighted by Crippen LogP contribution is 2.64. The van der Waals surface area contributed by atoms with E-state index in [2.05, 4.69) is 25.7 Å². The van der Waals surface area contributed by atoms with Gasteiger partial charge >= 0.3 is 0 Å². The van der Waals surface area contributed by atoms with Gasteiger partial charge in [0.2, 0.25) is 0 Å². The third-order valence-electron chi connectivity index (χ3n) is 1.91. The zero-order valence-electron chi connectivity index (χ0n) is 13.2. The molecule has 0 saturated carbocycles. The van der Waals surface area contributed by atoms with E-state index in [4.69, 9.17) is 4.52 Å². The zero-order chi connectivity index (χ0) is 14.6. The van der Waals surface area contributed by atoms with E-state index in [1.807, 2.05) is 34.9 Å². The molecule has 0 heterocycles. The molecule has 1 atom stereocenters. The van der Waals surface area contributed by atoms with Crippen LogP contribution < -0.4 is 0 Å². The van der Waals surface area contributed by atoms with Crippen molar-refractivity contribution in [2.24, 2.45) is 5.41 Å². The Morgan fingerprint density at radius 3 is 1.94 bits per heavy atom. The van der Waals surface area contributed by atoms with Crippen LogP contribution in [0.4, 0.5) is 0 Å². The molecular weight excluding hydrogens is 265 g/mol. The summed E-state index contributed by atoms with van der Waals surface area (Å²) in [6, 6.07) is 0. The average Bonchev–Trinajstić information content (AvgIpc) is 1.93. The Morgan fingerprint density at radius 2 is 1.61 bits per heavy atom. The van der Waals surface area contributed by atoms with Crippen molar-refractivity contribution in [3.05, 3.63) is 0 Å². The van der Waals surface area contributed by atoms with E-state index >= 15 is 0 Å². The number of hydrogen-bond donors (Lipinski definition) is 0. The van der Waals surface area contributed by atoms with Crippen molar-refractivity contribution in [1.29, 1.82) is 0 Å². The van der Waals surface area contributed by atoms with Crippen LogP contribution in [0, 0.1) is 5.41 Å². The summed E-state index contributed by atoms with van der Waals surface area (Å²) < 4.78 is 18.8. The standard InChI is InChI=1S/C13H30NO2PS/c1-12(2,3)11-17(15,16-13(4,5)6)18-10-9-14(7)8/h9-11H2,1-8H3. The van der Waals surface area contributed by atoms with Crippen LogP contribution in [0.25, 0.3) is 0 Å². The van der Waals surface area contributed by atoms with Crippen molar-refractivity contribution in [3.63, 3.8) is 0 Å². The largest absolute Gasteiger partial charge is 0.315 e. The Bertz CT molecular complexity index is 272. The third-order valence-corrected chi connectivity index (χ3v) is 7.17. The van der Waals surface area contributed by atoms with E-state index in [1.54, 1.807) is 0 Å². The minimum absolute atomic E-state index is 0.0197. The van der Waals surface area contributed by atoms with Gasteiger partial charge in [0.15, 0.2) is 0 Å². The fourth-order valence-corrected chi connectivity index (χ4v) is 7.74. The maximum absolute atomic E-state index is 12.9. The van der Waals surface area contributed by atoms with Crippen LogP contribution >= 0.6 is 18.0 Å². The molecule has 0 aliphatic carbocycles. The first-order valence-corrected chi connectivity index (χ1v) is 9.82. The molecular formula is C13H30NO2PS. The Hall–Kier alpha value is 0.500. The molecule has 0 spiro atoms. The van der Waals surface area contributed by atoms with Crippen LogP contribution in [0.1, 0.15) is 41.5 Å². The van der Waals surface area contributed by atoms with Crippen LogP contribution in [-0.2, 0) is 9.09 Å². The van der Waals surface area contributed by atoms with Crippen molar-refractivity contribution in [1.82, 2.24) is 4.90 Å². The first kappa shape index (κ1) is 18.5. The molecule has 0 rings (SSSR count). The summed E-state index contributed by atoms with van der Waals surface area (Å²) in [5.74, 6) is 0.844. The van der Waals surface area contributed by atoms with E-state index in [1.165, 1.54) is 11.4 Å². The lowest BCUT2D eigenvalue weighted by Crippen LogP contribution is -2.22. The Labute approximate surface area is 117 Å². The predicted octanol–water partition coefficient (Wildman–Crippen LogP) is 4.34. The summed E-state index contributed by atoms with van der Waals surface area (Å²) >= 11 is 1.50. The molecule has 5 heteroatoms. The van der Waals surface area contributed by atoms with Crippen LogP contribution in [-0.4, -0.2) is 43.1 Å². The van der Waals surface area contributed by atoms with E-state index in [0.717, 1.165) is 12.3 Å². The molecule has 0 N–H and O–H groups in total. The lowest BCUT2D eigenvalue weighted by molar-refractivity contribution is 0.138. The first-order chi connectivity index (χ1) is 7.83. The lowest BCUT2D eigenvalue weighted by Gasteiger charge is -2.31. The number of hydrogen-bond acceptors (Lipinski definition) is 4. The number of rotatable bonds is 6. The molecule has 0 aliphatic rings. The van der Waals surface area contributed by atoms with Crippen LogP contribution in [0.15, 0.2) is 0 Å². The fourth-order valence-electron chi connectivity index (χ4n) is 1.46. The summed E-state index contributed by atoms with van der Waals surface area (Å²) in [6.45, 7) is 10.5. The van der Waals surface area contributed by atoms with Gasteiger partial charge in [-0.2, -0.15) is 0 Å². The second-order valence-corrected chi connectivity index (χ2v) is 12.0. The SMILES string of the molecule is CN(C)CCSP(=O)(CC(C)(C)C)OC(C)(C)C. The van der Waals surface area contributed by atoms with E-state index in [0.29, 0.717) is 6.16 Å². The van der Waals surface area contributed by atoms with Crippen LogP contribution in [0.2, 0.25) is 0 Å². The molecule has 18 heavy (non-hydrogen) atoms. The zero-order valence-corrected chi connectivity index (χ0v) is 15.0. The van der Waals surface area contributed by atoms with Crippen molar-refractivity contribution >= 4 is 18.0 Å². The summed E-state index contributed by atoms with van der Waals surface area (Å²) in [6.07, 6.45) is 0.620. The molecule has 1 unspecified atom stereocenters. The maximum Gasteiger partial charge on any atom is 0.258 e. The van der Waals surface area contributed by atoms with Gasteiger partial charge in [-0.25, -0.2) is 0 Å². The maximum atomic E-state index is 12.9. The Kier molecular flexibility index (Phi) is 6.97. The molecule has 0 amide bonds. The van der Waals surface area contributed by atoms with E-state index in [9.17, 15) is 4.57 Å². The smallest absolute Gasteiger partial charge is 0.258 e. The summed E-state index contributed by atoms with van der Waals surface area (Å²) in [5.41, 5.74) is -0.336. The second kappa shape index (κ2) is 6.78. The van der Waals surface area contributed by atoms with E-state index < -0.39 is 6.57 Å². The van der Waals surface area contributed by atoms with Gasteiger partial charge in [0.1, 0.15) is 0 Å².